The molecule has 5 heteroatoms. The Morgan fingerprint density at radius 1 is 1.21 bits per heavy atom. The number of quaternary nitrogens is 1. The predicted molar refractivity (Wildman–Crippen MR) is 93.0 cm³/mol. The second-order valence-electron chi connectivity index (χ2n) is 6.90. The Kier molecular flexibility index (Phi) is 8.51. The zero-order valence-corrected chi connectivity index (χ0v) is 18.3. The molecule has 1 N–H and O–H groups in total. The molecule has 1 fully saturated rings. The van der Waals surface area contributed by atoms with Crippen LogP contribution in [0.5, 0.6) is 0 Å². The number of hydrogen-bond donors (Lipinski definition) is 1. The van der Waals surface area contributed by atoms with Crippen molar-refractivity contribution in [3.63, 3.8) is 0 Å². The van der Waals surface area contributed by atoms with Gasteiger partial charge in [0.25, 0.3) is 5.91 Å². The van der Waals surface area contributed by atoms with E-state index < -0.39 is 0 Å². The van der Waals surface area contributed by atoms with Gasteiger partial charge in [0, 0.05) is 57.7 Å². The van der Waals surface area contributed by atoms with Crippen molar-refractivity contribution < 1.29 is 46.4 Å². The van der Waals surface area contributed by atoms with Crippen LogP contribution in [0.15, 0.2) is 12.1 Å². The molecular formula is C19H30FN2OY+. The molecule has 1 heterocycles. The number of benzene rings is 1. The molecule has 0 spiro atoms. The molecule has 0 bridgehead atoms. The van der Waals surface area contributed by atoms with Crippen LogP contribution in [0.3, 0.4) is 0 Å². The molecule has 2 rings (SSSR count). The molecule has 1 atom stereocenters. The number of nitrogens with one attached hydrogen (secondary N) is 1. The van der Waals surface area contributed by atoms with Crippen LogP contribution in [0.2, 0.25) is 0 Å². The fourth-order valence-electron chi connectivity index (χ4n) is 4.05. The van der Waals surface area contributed by atoms with E-state index in [-0.39, 0.29) is 50.5 Å². The van der Waals surface area contributed by atoms with Crippen LogP contribution in [-0.4, -0.2) is 36.1 Å². The number of amides is 1. The molecule has 24 heavy (non-hydrogen) atoms. The zero-order chi connectivity index (χ0) is 17.0. The monoisotopic (exact) mass is 410 g/mol. The molecule has 1 aromatic rings. The van der Waals surface area contributed by atoms with E-state index >= 15 is 0 Å². The maximum Gasteiger partial charge on any atom is 0.282 e. The zero-order valence-electron chi connectivity index (χ0n) is 15.5. The van der Waals surface area contributed by atoms with Crippen LogP contribution in [-0.2, 0) is 37.5 Å². The van der Waals surface area contributed by atoms with Gasteiger partial charge in [-0.25, -0.2) is 4.39 Å². The van der Waals surface area contributed by atoms with Crippen LogP contribution >= 0.6 is 0 Å². The molecule has 1 aliphatic rings. The van der Waals surface area contributed by atoms with Crippen molar-refractivity contribution in [2.75, 3.05) is 25.0 Å². The van der Waals surface area contributed by atoms with Crippen LogP contribution in [0.25, 0.3) is 0 Å². The van der Waals surface area contributed by atoms with Gasteiger partial charge in [-0.1, -0.05) is 6.92 Å². The van der Waals surface area contributed by atoms with Gasteiger partial charge >= 0.3 is 0 Å². The van der Waals surface area contributed by atoms with Gasteiger partial charge in [-0.15, -0.1) is 0 Å². The van der Waals surface area contributed by atoms with Crippen molar-refractivity contribution in [2.24, 2.45) is 0 Å². The second-order valence-corrected chi connectivity index (χ2v) is 6.90. The summed E-state index contributed by atoms with van der Waals surface area (Å²) in [5.41, 5.74) is 2.34. The minimum absolute atomic E-state index is 0. The summed E-state index contributed by atoms with van der Waals surface area (Å²) in [6.07, 6.45) is 4.31. The number of anilines is 1. The van der Waals surface area contributed by atoms with E-state index in [1.807, 2.05) is 13.8 Å². The number of hydrogen-bond acceptors (Lipinski definition) is 1. The average Bonchev–Trinajstić information content (AvgIpc) is 2.98. The maximum absolute atomic E-state index is 13.5. The molecule has 3 nitrogen and oxygen atoms in total. The molecule has 1 unspecified atom stereocenters. The molecule has 1 saturated heterocycles. The Hall–Kier alpha value is -0.316. The van der Waals surface area contributed by atoms with Gasteiger partial charge in [-0.05, 0) is 50.5 Å². The molecule has 0 aliphatic carbocycles. The number of likely N-dealkylation sites (tertiary alicyclic amines) is 1. The van der Waals surface area contributed by atoms with E-state index in [1.165, 1.54) is 25.0 Å². The van der Waals surface area contributed by atoms with Crippen molar-refractivity contribution >= 4 is 11.6 Å². The standard InChI is InChI=1S/C19H29FN2O.Y/c1-5-9-17(22(6-2)10-7-8-11-22)19(23)21-18-14(3)12-16(20)13-15(18)4;/h12-13,17H,5-11H2,1-4H3;/p+1. The van der Waals surface area contributed by atoms with E-state index in [2.05, 4.69) is 19.2 Å². The van der Waals surface area contributed by atoms with Gasteiger partial charge in [0.05, 0.1) is 19.6 Å². The molecule has 0 saturated carbocycles. The summed E-state index contributed by atoms with van der Waals surface area (Å²) in [7, 11) is 0. The largest absolute Gasteiger partial charge is 0.320 e. The summed E-state index contributed by atoms with van der Waals surface area (Å²) < 4.78 is 14.4. The van der Waals surface area contributed by atoms with Crippen LogP contribution in [0, 0.1) is 19.7 Å². The topological polar surface area (TPSA) is 29.1 Å². The Morgan fingerprint density at radius 3 is 2.21 bits per heavy atom. The number of carbonyl (C=O) groups is 1. The van der Waals surface area contributed by atoms with Crippen LogP contribution < -0.4 is 5.32 Å². The third-order valence-corrected chi connectivity index (χ3v) is 5.36. The third-order valence-electron chi connectivity index (χ3n) is 5.36. The minimum Gasteiger partial charge on any atom is -0.320 e. The molecule has 1 amide bonds. The summed E-state index contributed by atoms with van der Waals surface area (Å²) in [5, 5.41) is 3.11. The first-order valence-electron chi connectivity index (χ1n) is 8.87. The number of rotatable bonds is 6. The van der Waals surface area contributed by atoms with E-state index in [9.17, 15) is 9.18 Å². The van der Waals surface area contributed by atoms with Gasteiger partial charge < -0.3 is 9.80 Å². The third kappa shape index (κ3) is 4.65. The second kappa shape index (κ2) is 9.40. The maximum atomic E-state index is 13.5. The van der Waals surface area contributed by atoms with E-state index in [0.29, 0.717) is 0 Å². The Balaban J connectivity index is 0.00000288. The van der Waals surface area contributed by atoms with Gasteiger partial charge in [-0.2, -0.15) is 0 Å². The van der Waals surface area contributed by atoms with E-state index in [0.717, 1.165) is 53.8 Å². The van der Waals surface area contributed by atoms with Crippen molar-refractivity contribution in [1.82, 2.24) is 0 Å². The molecule has 1 aliphatic heterocycles. The summed E-state index contributed by atoms with van der Waals surface area (Å²) >= 11 is 0. The molecule has 0 aromatic heterocycles. The Morgan fingerprint density at radius 2 is 1.75 bits per heavy atom. The molecular weight excluding hydrogens is 380 g/mol. The number of halogens is 1. The first kappa shape index (κ1) is 21.7. The number of carbonyl (C=O) groups excluding carboxylic acids is 1. The molecule has 1 aromatic carbocycles. The van der Waals surface area contributed by atoms with Crippen molar-refractivity contribution in [3.8, 4) is 0 Å². The summed E-state index contributed by atoms with van der Waals surface area (Å²) in [6.45, 7) is 11.2. The summed E-state index contributed by atoms with van der Waals surface area (Å²) in [5.74, 6) is -0.159. The van der Waals surface area contributed by atoms with E-state index in [1.54, 1.807) is 0 Å². The number of nitrogens with zero attached hydrogens (tertiary/aromatic N) is 1. The summed E-state index contributed by atoms with van der Waals surface area (Å²) in [4.78, 5) is 13.0. The van der Waals surface area contributed by atoms with Gasteiger partial charge in [0.2, 0.25) is 0 Å². The van der Waals surface area contributed by atoms with Crippen molar-refractivity contribution in [2.45, 2.75) is 59.4 Å². The molecule has 131 valence electrons. The predicted octanol–water partition coefficient (Wildman–Crippen LogP) is 4.18. The van der Waals surface area contributed by atoms with Crippen molar-refractivity contribution in [3.05, 3.63) is 29.1 Å². The fraction of sp³-hybridized carbons (Fsp3) is 0.632. The first-order chi connectivity index (χ1) is 10.9. The van der Waals surface area contributed by atoms with Crippen LogP contribution in [0.4, 0.5) is 10.1 Å². The summed E-state index contributed by atoms with van der Waals surface area (Å²) in [6, 6.07) is 2.96. The average molecular weight is 410 g/mol. The number of likely N-dealkylation sites (N-methyl/N-ethyl adjacent to an activating group) is 1. The fourth-order valence-corrected chi connectivity index (χ4v) is 4.05. The SMILES string of the molecule is CCCC(C(=O)Nc1c(C)cc(F)cc1C)[N+]1(CC)CCCC1.[Y]. The van der Waals surface area contributed by atoms with Crippen molar-refractivity contribution in [1.29, 1.82) is 0 Å². The minimum atomic E-state index is -0.250. The number of aryl methyl sites for hydroxylation is 2. The Labute approximate surface area is 170 Å². The molecule has 1 radical (unpaired) electrons. The van der Waals surface area contributed by atoms with Gasteiger partial charge in [0.1, 0.15) is 5.82 Å². The Bertz CT molecular complexity index is 547. The smallest absolute Gasteiger partial charge is 0.282 e. The van der Waals surface area contributed by atoms with Gasteiger partial charge in [0.15, 0.2) is 6.04 Å². The quantitative estimate of drug-likeness (QED) is 0.701. The van der Waals surface area contributed by atoms with Gasteiger partial charge in [-0.3, -0.25) is 4.79 Å². The first-order valence-corrected chi connectivity index (χ1v) is 8.87. The van der Waals surface area contributed by atoms with E-state index in [4.69, 9.17) is 0 Å². The normalized spacial score (nSPS) is 17.2. The van der Waals surface area contributed by atoms with Crippen LogP contribution in [0.1, 0.15) is 50.7 Å².